The van der Waals surface area contributed by atoms with E-state index in [1.165, 1.54) is 12.1 Å². The first-order valence-corrected chi connectivity index (χ1v) is 5.89. The van der Waals surface area contributed by atoms with Gasteiger partial charge in [0.05, 0.1) is 17.9 Å². The summed E-state index contributed by atoms with van der Waals surface area (Å²) in [7, 11) is 0. The number of hydrogen-bond acceptors (Lipinski definition) is 4. The van der Waals surface area contributed by atoms with Gasteiger partial charge in [-0.05, 0) is 35.4 Å². The molecule has 4 nitrogen and oxygen atoms in total. The van der Waals surface area contributed by atoms with E-state index in [0.29, 0.717) is 10.7 Å². The lowest BCUT2D eigenvalue weighted by atomic mass is 10.2. The summed E-state index contributed by atoms with van der Waals surface area (Å²) in [6.07, 6.45) is 1.64. The van der Waals surface area contributed by atoms with Crippen molar-refractivity contribution < 1.29 is 9.90 Å². The number of benzene rings is 2. The zero-order valence-corrected chi connectivity index (χ0v) is 10.6. The Kier molecular flexibility index (Phi) is 4.15. The molecule has 0 atom stereocenters. The standard InChI is InChI=1S/C14H11ClN2O2/c15-12-5-1-10(2-6-12)9-16-17-13-7-3-11(4-8-13)14(18)19/h1-9,17H,(H,18,19)/p-1. The Labute approximate surface area is 115 Å². The maximum Gasteiger partial charge on any atom is 0.0715 e. The van der Waals surface area contributed by atoms with Crippen molar-refractivity contribution in [3.8, 4) is 0 Å². The van der Waals surface area contributed by atoms with Crippen LogP contribution < -0.4 is 10.5 Å². The Morgan fingerprint density at radius 2 is 1.74 bits per heavy atom. The molecule has 0 saturated heterocycles. The van der Waals surface area contributed by atoms with Gasteiger partial charge in [0.15, 0.2) is 0 Å². The maximum absolute atomic E-state index is 10.6. The van der Waals surface area contributed by atoms with Gasteiger partial charge in [-0.3, -0.25) is 5.43 Å². The quantitative estimate of drug-likeness (QED) is 0.686. The van der Waals surface area contributed by atoms with Crippen LogP contribution in [0.2, 0.25) is 5.02 Å². The van der Waals surface area contributed by atoms with Crippen molar-refractivity contribution in [3.63, 3.8) is 0 Å². The first-order valence-electron chi connectivity index (χ1n) is 5.51. The third kappa shape index (κ3) is 3.82. The van der Waals surface area contributed by atoms with Gasteiger partial charge in [0.25, 0.3) is 0 Å². The predicted molar refractivity (Wildman–Crippen MR) is 73.4 cm³/mol. The molecule has 0 radical (unpaired) electrons. The van der Waals surface area contributed by atoms with Crippen molar-refractivity contribution in [2.24, 2.45) is 5.10 Å². The van der Waals surface area contributed by atoms with Gasteiger partial charge < -0.3 is 9.90 Å². The van der Waals surface area contributed by atoms with E-state index in [1.54, 1.807) is 30.5 Å². The van der Waals surface area contributed by atoms with E-state index in [2.05, 4.69) is 10.5 Å². The number of carboxylic acid groups (broad SMARTS) is 1. The number of halogens is 1. The fourth-order valence-electron chi connectivity index (χ4n) is 1.41. The molecule has 0 spiro atoms. The number of hydrazone groups is 1. The molecule has 2 aromatic rings. The molecular weight excluding hydrogens is 264 g/mol. The van der Waals surface area contributed by atoms with Crippen molar-refractivity contribution in [2.45, 2.75) is 0 Å². The van der Waals surface area contributed by atoms with Gasteiger partial charge in [0.1, 0.15) is 0 Å². The molecule has 19 heavy (non-hydrogen) atoms. The lowest BCUT2D eigenvalue weighted by Crippen LogP contribution is -2.21. The Hall–Kier alpha value is -2.33. The molecule has 0 unspecified atom stereocenters. The van der Waals surface area contributed by atoms with Crippen molar-refractivity contribution in [3.05, 3.63) is 64.7 Å². The molecule has 0 aliphatic carbocycles. The summed E-state index contributed by atoms with van der Waals surface area (Å²) in [5, 5.41) is 15.3. The fourth-order valence-corrected chi connectivity index (χ4v) is 1.54. The minimum Gasteiger partial charge on any atom is -0.545 e. The monoisotopic (exact) mass is 273 g/mol. The second-order valence-corrected chi connectivity index (χ2v) is 4.22. The van der Waals surface area contributed by atoms with Crippen LogP contribution in [-0.2, 0) is 0 Å². The number of nitrogens with one attached hydrogen (secondary N) is 1. The first kappa shape index (κ1) is 13.1. The number of rotatable bonds is 4. The highest BCUT2D eigenvalue weighted by Gasteiger charge is 1.93. The molecule has 2 aromatic carbocycles. The number of anilines is 1. The zero-order valence-electron chi connectivity index (χ0n) is 9.84. The minimum absolute atomic E-state index is 0.132. The predicted octanol–water partition coefficient (Wildman–Crippen LogP) is 2.15. The fraction of sp³-hybridized carbons (Fsp3) is 0. The summed E-state index contributed by atoms with van der Waals surface area (Å²) in [6.45, 7) is 0. The van der Waals surface area contributed by atoms with E-state index < -0.39 is 5.97 Å². The first-order chi connectivity index (χ1) is 9.15. The number of aromatic carboxylic acids is 1. The Balaban J connectivity index is 1.98. The Morgan fingerprint density at radius 3 is 2.32 bits per heavy atom. The molecule has 0 amide bonds. The molecule has 0 heterocycles. The molecule has 5 heteroatoms. The summed E-state index contributed by atoms with van der Waals surface area (Å²) in [5.41, 5.74) is 4.52. The van der Waals surface area contributed by atoms with E-state index in [9.17, 15) is 9.90 Å². The molecule has 0 saturated carbocycles. The van der Waals surface area contributed by atoms with Crippen LogP contribution in [0.3, 0.4) is 0 Å². The topological polar surface area (TPSA) is 64.5 Å². The third-order valence-corrected chi connectivity index (χ3v) is 2.65. The van der Waals surface area contributed by atoms with E-state index >= 15 is 0 Å². The molecule has 0 aliphatic heterocycles. The number of carbonyl (C=O) groups excluding carboxylic acids is 1. The van der Waals surface area contributed by atoms with Gasteiger partial charge in [-0.15, -0.1) is 0 Å². The number of hydrogen-bond donors (Lipinski definition) is 1. The third-order valence-electron chi connectivity index (χ3n) is 2.40. The lowest BCUT2D eigenvalue weighted by Gasteiger charge is -2.03. The van der Waals surface area contributed by atoms with Gasteiger partial charge in [-0.1, -0.05) is 35.9 Å². The number of carbonyl (C=O) groups is 1. The molecule has 96 valence electrons. The van der Waals surface area contributed by atoms with Crippen LogP contribution in [-0.4, -0.2) is 12.2 Å². The highest BCUT2D eigenvalue weighted by Crippen LogP contribution is 2.10. The molecule has 0 fully saturated rings. The second kappa shape index (κ2) is 6.02. The summed E-state index contributed by atoms with van der Waals surface area (Å²) >= 11 is 5.77. The molecule has 2 rings (SSSR count). The van der Waals surface area contributed by atoms with Gasteiger partial charge >= 0.3 is 0 Å². The van der Waals surface area contributed by atoms with Gasteiger partial charge in [-0.2, -0.15) is 5.10 Å². The highest BCUT2D eigenvalue weighted by atomic mass is 35.5. The minimum atomic E-state index is -1.20. The van der Waals surface area contributed by atoms with E-state index in [1.807, 2.05) is 12.1 Å². The molecule has 1 N–H and O–H groups in total. The average Bonchev–Trinajstić information content (AvgIpc) is 2.41. The Morgan fingerprint density at radius 1 is 1.11 bits per heavy atom. The largest absolute Gasteiger partial charge is 0.545 e. The summed E-state index contributed by atoms with van der Waals surface area (Å²) in [4.78, 5) is 10.6. The van der Waals surface area contributed by atoms with Crippen LogP contribution in [0.4, 0.5) is 5.69 Å². The van der Waals surface area contributed by atoms with Crippen LogP contribution in [0.25, 0.3) is 0 Å². The summed E-state index contributed by atoms with van der Waals surface area (Å²) < 4.78 is 0. The SMILES string of the molecule is O=C([O-])c1ccc(NN=Cc2ccc(Cl)cc2)cc1. The van der Waals surface area contributed by atoms with Crippen LogP contribution >= 0.6 is 11.6 Å². The number of nitrogens with zero attached hydrogens (tertiary/aromatic N) is 1. The molecule has 0 aliphatic rings. The van der Waals surface area contributed by atoms with Crippen molar-refractivity contribution >= 4 is 29.5 Å². The van der Waals surface area contributed by atoms with Crippen LogP contribution in [0.5, 0.6) is 0 Å². The van der Waals surface area contributed by atoms with Crippen molar-refractivity contribution in [1.82, 2.24) is 0 Å². The summed E-state index contributed by atoms with van der Waals surface area (Å²) in [6, 6.07) is 13.4. The number of carboxylic acids is 1. The highest BCUT2D eigenvalue weighted by molar-refractivity contribution is 6.30. The van der Waals surface area contributed by atoms with E-state index in [0.717, 1.165) is 5.56 Å². The van der Waals surface area contributed by atoms with Crippen LogP contribution in [0.15, 0.2) is 53.6 Å². The van der Waals surface area contributed by atoms with Crippen LogP contribution in [0.1, 0.15) is 15.9 Å². The molecule has 0 bridgehead atoms. The van der Waals surface area contributed by atoms with Gasteiger partial charge in [0, 0.05) is 5.02 Å². The lowest BCUT2D eigenvalue weighted by molar-refractivity contribution is -0.255. The van der Waals surface area contributed by atoms with Gasteiger partial charge in [0.2, 0.25) is 0 Å². The van der Waals surface area contributed by atoms with Gasteiger partial charge in [-0.25, -0.2) is 0 Å². The normalized spacial score (nSPS) is 10.6. The Bertz CT molecular complexity index is 592. The zero-order chi connectivity index (χ0) is 13.7. The van der Waals surface area contributed by atoms with E-state index in [-0.39, 0.29) is 5.56 Å². The smallest absolute Gasteiger partial charge is 0.0715 e. The second-order valence-electron chi connectivity index (χ2n) is 3.79. The average molecular weight is 274 g/mol. The van der Waals surface area contributed by atoms with Crippen molar-refractivity contribution in [1.29, 1.82) is 0 Å². The summed E-state index contributed by atoms with van der Waals surface area (Å²) in [5.74, 6) is -1.20. The van der Waals surface area contributed by atoms with E-state index in [4.69, 9.17) is 11.6 Å². The van der Waals surface area contributed by atoms with Crippen LogP contribution in [0, 0.1) is 0 Å². The maximum atomic E-state index is 10.6. The van der Waals surface area contributed by atoms with Crippen molar-refractivity contribution in [2.75, 3.05) is 5.43 Å². The molecule has 0 aromatic heterocycles. The molecular formula is C14H10ClN2O2-.